The molecule has 2 aliphatic rings. The van der Waals surface area contributed by atoms with E-state index in [1.54, 1.807) is 11.1 Å². The molecule has 3 unspecified atom stereocenters. The Labute approximate surface area is 157 Å². The normalized spacial score (nSPS) is 31.2. The van der Waals surface area contributed by atoms with Crippen molar-refractivity contribution in [3.05, 3.63) is 11.8 Å². The van der Waals surface area contributed by atoms with Crippen molar-refractivity contribution in [3.8, 4) is 6.07 Å². The smallest absolute Gasteiger partial charge is 0.325 e. The van der Waals surface area contributed by atoms with Crippen LogP contribution < -0.4 is 0 Å². The van der Waals surface area contributed by atoms with Gasteiger partial charge in [0, 0.05) is 38.6 Å². The van der Waals surface area contributed by atoms with Gasteiger partial charge in [-0.25, -0.2) is 4.99 Å². The second-order valence-electron chi connectivity index (χ2n) is 6.03. The number of hydrogen-bond donors (Lipinski definition) is 2. The Bertz CT molecular complexity index is 646. The van der Waals surface area contributed by atoms with Crippen LogP contribution in [0.25, 0.3) is 0 Å². The number of methoxy groups -OCH3 is 1. The molecule has 26 heavy (non-hydrogen) atoms. The Morgan fingerprint density at radius 1 is 1.62 bits per heavy atom. The highest BCUT2D eigenvalue weighted by molar-refractivity contribution is 8.14. The molecule has 2 rings (SSSR count). The summed E-state index contributed by atoms with van der Waals surface area (Å²) in [7, 11) is -2.08. The van der Waals surface area contributed by atoms with Crippen molar-refractivity contribution in [2.75, 3.05) is 26.1 Å². The monoisotopic (exact) mass is 405 g/mol. The van der Waals surface area contributed by atoms with E-state index >= 15 is 0 Å². The van der Waals surface area contributed by atoms with Crippen LogP contribution in [0.2, 0.25) is 0 Å². The summed E-state index contributed by atoms with van der Waals surface area (Å²) < 4.78 is 27.5. The Morgan fingerprint density at radius 3 is 2.96 bits per heavy atom. The maximum absolute atomic E-state index is 11.3. The van der Waals surface area contributed by atoms with Crippen LogP contribution in [0, 0.1) is 11.3 Å². The van der Waals surface area contributed by atoms with Crippen LogP contribution in [0.4, 0.5) is 0 Å². The minimum absolute atomic E-state index is 0.0789. The average molecular weight is 405 g/mol. The number of aliphatic hydroxyl groups is 1. The zero-order valence-electron chi connectivity index (χ0n) is 14.9. The predicted octanol–water partition coefficient (Wildman–Crippen LogP) is 1.49. The number of nitriles is 1. The first kappa shape index (κ1) is 21.4. The van der Waals surface area contributed by atoms with E-state index in [4.69, 9.17) is 19.3 Å². The minimum Gasteiger partial charge on any atom is -0.378 e. The number of nitrogens with zero attached hydrogens (tertiary/aromatic N) is 3. The first-order valence-corrected chi connectivity index (χ1v) is 11.1. The Morgan fingerprint density at radius 2 is 2.35 bits per heavy atom. The molecular weight excluding hydrogens is 381 g/mol. The summed E-state index contributed by atoms with van der Waals surface area (Å²) in [6.45, 7) is 2.91. The molecule has 0 spiro atoms. The second kappa shape index (κ2) is 9.33. The molecule has 0 aliphatic carbocycles. The summed E-state index contributed by atoms with van der Waals surface area (Å²) >= 11 is 1.42. The van der Waals surface area contributed by atoms with Crippen LogP contribution in [0.3, 0.4) is 0 Å². The van der Waals surface area contributed by atoms with Gasteiger partial charge < -0.3 is 28.9 Å². The van der Waals surface area contributed by atoms with E-state index < -0.39 is 26.3 Å². The number of thioether (sulfide) groups is 1. The average Bonchev–Trinajstić information content (AvgIpc) is 2.98. The molecule has 5 atom stereocenters. The highest BCUT2D eigenvalue weighted by atomic mass is 32.2. The van der Waals surface area contributed by atoms with E-state index in [2.05, 4.69) is 11.1 Å². The summed E-state index contributed by atoms with van der Waals surface area (Å²) in [5.74, 6) is 0.608. The molecular formula is C15H24N3O6PS. The van der Waals surface area contributed by atoms with Gasteiger partial charge in [-0.15, -0.1) is 11.8 Å². The molecule has 0 saturated carbocycles. The van der Waals surface area contributed by atoms with Crippen molar-refractivity contribution in [1.29, 1.82) is 5.26 Å². The van der Waals surface area contributed by atoms with Crippen molar-refractivity contribution in [2.24, 2.45) is 4.99 Å². The zero-order chi connectivity index (χ0) is 19.3. The molecule has 0 aromatic rings. The van der Waals surface area contributed by atoms with Crippen LogP contribution in [0.15, 0.2) is 16.8 Å². The summed E-state index contributed by atoms with van der Waals surface area (Å²) in [6.07, 6.45) is 0.167. The third-order valence-corrected chi connectivity index (χ3v) is 5.66. The van der Waals surface area contributed by atoms with Crippen molar-refractivity contribution in [2.45, 2.75) is 44.6 Å². The summed E-state index contributed by atoms with van der Waals surface area (Å²) in [5.41, 5.74) is 0.865. The van der Waals surface area contributed by atoms with Gasteiger partial charge in [0.15, 0.2) is 0 Å². The van der Waals surface area contributed by atoms with Gasteiger partial charge in [0.2, 0.25) is 6.35 Å². The van der Waals surface area contributed by atoms with Crippen molar-refractivity contribution in [1.82, 2.24) is 4.90 Å². The summed E-state index contributed by atoms with van der Waals surface area (Å²) in [6, 6.07) is 2.07. The van der Waals surface area contributed by atoms with Gasteiger partial charge in [-0.1, -0.05) is 0 Å². The van der Waals surface area contributed by atoms with Crippen LogP contribution >= 0.6 is 19.4 Å². The molecule has 0 aromatic carbocycles. The summed E-state index contributed by atoms with van der Waals surface area (Å²) in [4.78, 5) is 15.1. The maximum Gasteiger partial charge on any atom is 0.325 e. The van der Waals surface area contributed by atoms with E-state index in [1.165, 1.54) is 18.9 Å². The molecule has 9 nitrogen and oxygen atoms in total. The number of ether oxygens (including phenoxy) is 2. The topological polar surface area (TPSA) is 125 Å². The molecule has 146 valence electrons. The Kier molecular flexibility index (Phi) is 7.67. The lowest BCUT2D eigenvalue weighted by Gasteiger charge is -2.33. The molecule has 0 bridgehead atoms. The molecule has 1 saturated heterocycles. The van der Waals surface area contributed by atoms with E-state index in [1.807, 2.05) is 6.92 Å². The minimum atomic E-state index is -3.61. The molecule has 2 N–H and O–H groups in total. The van der Waals surface area contributed by atoms with Gasteiger partial charge in [0.1, 0.15) is 12.3 Å². The highest BCUT2D eigenvalue weighted by Crippen LogP contribution is 2.38. The molecule has 0 radical (unpaired) electrons. The van der Waals surface area contributed by atoms with E-state index in [9.17, 15) is 14.6 Å². The molecule has 1 fully saturated rings. The number of rotatable bonds is 7. The van der Waals surface area contributed by atoms with Gasteiger partial charge >= 0.3 is 7.60 Å². The van der Waals surface area contributed by atoms with E-state index in [-0.39, 0.29) is 12.7 Å². The molecule has 0 amide bonds. The van der Waals surface area contributed by atoms with Gasteiger partial charge in [-0.2, -0.15) is 5.26 Å². The second-order valence-corrected chi connectivity index (χ2v) is 8.98. The zero-order valence-corrected chi connectivity index (χ0v) is 16.7. The van der Waals surface area contributed by atoms with Crippen LogP contribution in [-0.2, 0) is 18.6 Å². The number of aliphatic hydroxyl groups excluding tert-OH is 1. The van der Waals surface area contributed by atoms with Gasteiger partial charge in [-0.05, 0) is 12.5 Å². The van der Waals surface area contributed by atoms with E-state index in [0.29, 0.717) is 23.6 Å². The molecule has 2 aliphatic heterocycles. The molecule has 0 aromatic heterocycles. The lowest BCUT2D eigenvalue weighted by molar-refractivity contribution is -0.110. The SMILES string of the molecule is COC1C[C@H](N2C=C(C)C(SCCC#N)=NC2O)O[C@@H]1COP(C)(=O)O. The largest absolute Gasteiger partial charge is 0.378 e. The number of hydrogen-bond acceptors (Lipinski definition) is 9. The Balaban J connectivity index is 2.01. The van der Waals surface area contributed by atoms with Gasteiger partial charge in [0.05, 0.1) is 23.8 Å². The third kappa shape index (κ3) is 5.79. The fraction of sp³-hybridized carbons (Fsp3) is 0.733. The molecule has 2 heterocycles. The fourth-order valence-corrected chi connectivity index (χ4v) is 3.95. The van der Waals surface area contributed by atoms with E-state index in [0.717, 1.165) is 12.2 Å². The maximum atomic E-state index is 11.3. The number of aliphatic imine (C=N–C) groups is 1. The fourth-order valence-electron chi connectivity index (χ4n) is 2.69. The third-order valence-electron chi connectivity index (χ3n) is 3.93. The quantitative estimate of drug-likeness (QED) is 0.479. The van der Waals surface area contributed by atoms with Crippen molar-refractivity contribution < 1.29 is 28.6 Å². The van der Waals surface area contributed by atoms with Crippen LogP contribution in [0.1, 0.15) is 19.8 Å². The standard InChI is InChI=1S/C15H24N3O6PS/c1-10-8-18(15(19)17-14(10)26-6-4-5-16)13-7-11(22-2)12(24-13)9-23-25(3,20)21/h8,11-13,15,19H,4,6-7,9H2,1-3H3,(H,20,21)/t11?,12-,13-,15?/m1/s1. The van der Waals surface area contributed by atoms with Crippen LogP contribution in [0.5, 0.6) is 0 Å². The lowest BCUT2D eigenvalue weighted by Crippen LogP contribution is -2.41. The Hall–Kier alpha value is -0.920. The molecule has 11 heteroatoms. The predicted molar refractivity (Wildman–Crippen MR) is 97.5 cm³/mol. The van der Waals surface area contributed by atoms with Gasteiger partial charge in [-0.3, -0.25) is 4.57 Å². The highest BCUT2D eigenvalue weighted by Gasteiger charge is 2.41. The first-order chi connectivity index (χ1) is 12.2. The van der Waals surface area contributed by atoms with Gasteiger partial charge in [0.25, 0.3) is 0 Å². The van der Waals surface area contributed by atoms with Crippen LogP contribution in [-0.4, -0.2) is 70.9 Å². The van der Waals surface area contributed by atoms with Crippen molar-refractivity contribution in [3.63, 3.8) is 0 Å². The van der Waals surface area contributed by atoms with Crippen molar-refractivity contribution >= 4 is 24.4 Å². The summed E-state index contributed by atoms with van der Waals surface area (Å²) in [5, 5.41) is 19.7. The lowest BCUT2D eigenvalue weighted by atomic mass is 10.2. The first-order valence-electron chi connectivity index (χ1n) is 8.10.